The first-order chi connectivity index (χ1) is 15.6. The Hall–Kier alpha value is -2.32. The molecule has 2 rings (SSSR count). The van der Waals surface area contributed by atoms with E-state index in [1.807, 2.05) is 24.3 Å². The van der Waals surface area contributed by atoms with E-state index in [0.29, 0.717) is 5.75 Å². The van der Waals surface area contributed by atoms with Crippen molar-refractivity contribution in [1.29, 1.82) is 0 Å². The van der Waals surface area contributed by atoms with Crippen molar-refractivity contribution in [2.75, 3.05) is 13.7 Å². The SMILES string of the molecule is COc1ccccc1C1=CCC[C@H](O[Si](C)(C)C(C)(C)C)[C@@H]1OC(=O)CNC(=O)OC(C)(C)C. The summed E-state index contributed by atoms with van der Waals surface area (Å²) in [6.07, 6.45) is 2.05. The summed E-state index contributed by atoms with van der Waals surface area (Å²) in [7, 11) is -0.518. The molecule has 0 unspecified atom stereocenters. The van der Waals surface area contributed by atoms with E-state index in [2.05, 4.69) is 45.3 Å². The molecule has 1 aliphatic carbocycles. The highest BCUT2D eigenvalue weighted by Crippen LogP contribution is 2.42. The molecule has 1 amide bonds. The molecule has 0 fully saturated rings. The van der Waals surface area contributed by atoms with Gasteiger partial charge in [-0.1, -0.05) is 45.0 Å². The molecule has 0 aliphatic heterocycles. The van der Waals surface area contributed by atoms with Crippen LogP contribution in [0.3, 0.4) is 0 Å². The van der Waals surface area contributed by atoms with Crippen LogP contribution in [0.15, 0.2) is 30.3 Å². The molecule has 0 aromatic heterocycles. The van der Waals surface area contributed by atoms with Gasteiger partial charge in [-0.05, 0) is 57.8 Å². The molecule has 0 saturated heterocycles. The average Bonchev–Trinajstić information content (AvgIpc) is 2.71. The zero-order valence-electron chi connectivity index (χ0n) is 22.1. The van der Waals surface area contributed by atoms with Crippen molar-refractivity contribution in [2.45, 2.75) is 90.3 Å². The lowest BCUT2D eigenvalue weighted by atomic mass is 9.88. The molecule has 8 heteroatoms. The summed E-state index contributed by atoms with van der Waals surface area (Å²) < 4.78 is 23.5. The maximum absolute atomic E-state index is 12.8. The number of amides is 1. The second-order valence-corrected chi connectivity index (χ2v) is 15.9. The van der Waals surface area contributed by atoms with E-state index in [9.17, 15) is 9.59 Å². The van der Waals surface area contributed by atoms with Crippen molar-refractivity contribution in [3.8, 4) is 5.75 Å². The van der Waals surface area contributed by atoms with E-state index in [4.69, 9.17) is 18.6 Å². The number of allylic oxidation sites excluding steroid dienone is 1. The third-order valence-corrected chi connectivity index (χ3v) is 10.7. The van der Waals surface area contributed by atoms with Crippen LogP contribution in [-0.4, -0.2) is 51.8 Å². The number of nitrogens with one attached hydrogen (secondary N) is 1. The van der Waals surface area contributed by atoms with Crippen LogP contribution in [0.25, 0.3) is 5.57 Å². The molecule has 7 nitrogen and oxygen atoms in total. The van der Waals surface area contributed by atoms with Crippen molar-refractivity contribution < 1.29 is 28.2 Å². The van der Waals surface area contributed by atoms with Crippen molar-refractivity contribution in [1.82, 2.24) is 5.32 Å². The summed E-state index contributed by atoms with van der Waals surface area (Å²) in [5, 5.41) is 2.49. The summed E-state index contributed by atoms with van der Waals surface area (Å²) in [5.74, 6) is 0.150. The molecule has 34 heavy (non-hydrogen) atoms. The van der Waals surface area contributed by atoms with Gasteiger partial charge in [-0.25, -0.2) is 4.79 Å². The second kappa shape index (κ2) is 10.9. The Labute approximate surface area is 205 Å². The number of hydrogen-bond acceptors (Lipinski definition) is 6. The molecular formula is C26H41NO6Si. The zero-order chi connectivity index (χ0) is 25.7. The predicted octanol–water partition coefficient (Wildman–Crippen LogP) is 5.70. The first kappa shape index (κ1) is 27.9. The Bertz CT molecular complexity index is 897. The zero-order valence-corrected chi connectivity index (χ0v) is 23.1. The molecule has 0 spiro atoms. The van der Waals surface area contributed by atoms with E-state index in [1.54, 1.807) is 27.9 Å². The van der Waals surface area contributed by atoms with Crippen molar-refractivity contribution in [3.63, 3.8) is 0 Å². The normalized spacial score (nSPS) is 19.1. The Morgan fingerprint density at radius 3 is 2.32 bits per heavy atom. The smallest absolute Gasteiger partial charge is 0.408 e. The Kier molecular flexibility index (Phi) is 8.99. The Balaban J connectivity index is 2.29. The number of carbonyl (C=O) groups is 2. The van der Waals surface area contributed by atoms with E-state index >= 15 is 0 Å². The van der Waals surface area contributed by atoms with Gasteiger partial charge in [0.15, 0.2) is 14.4 Å². The topological polar surface area (TPSA) is 83.1 Å². The lowest BCUT2D eigenvalue weighted by molar-refractivity contribution is -0.149. The highest BCUT2D eigenvalue weighted by Gasteiger charge is 2.43. The van der Waals surface area contributed by atoms with Gasteiger partial charge in [0.2, 0.25) is 0 Å². The van der Waals surface area contributed by atoms with E-state index in [-0.39, 0.29) is 17.7 Å². The molecule has 2 atom stereocenters. The Morgan fingerprint density at radius 2 is 1.74 bits per heavy atom. The van der Waals surface area contributed by atoms with Gasteiger partial charge < -0.3 is 24.0 Å². The molecule has 1 aromatic rings. The van der Waals surface area contributed by atoms with Crippen molar-refractivity contribution in [3.05, 3.63) is 35.9 Å². The minimum Gasteiger partial charge on any atom is -0.496 e. The lowest BCUT2D eigenvalue weighted by Crippen LogP contribution is -2.49. The molecule has 0 saturated carbocycles. The standard InChI is InChI=1S/C26H41NO6Si/c1-25(2,3)32-24(29)27-17-22(28)31-23-19(18-13-10-11-15-20(18)30-7)14-12-16-21(23)33-34(8,9)26(4,5)6/h10-11,13-15,21,23H,12,16-17H2,1-9H3,(H,27,29)/t21-,23+/m0/s1. The fourth-order valence-corrected chi connectivity index (χ4v) is 4.83. The third kappa shape index (κ3) is 7.60. The van der Waals surface area contributed by atoms with Gasteiger partial charge in [-0.2, -0.15) is 0 Å². The predicted molar refractivity (Wildman–Crippen MR) is 136 cm³/mol. The van der Waals surface area contributed by atoms with Gasteiger partial charge in [0.1, 0.15) is 17.9 Å². The van der Waals surface area contributed by atoms with Crippen LogP contribution in [-0.2, 0) is 18.7 Å². The highest BCUT2D eigenvalue weighted by molar-refractivity contribution is 6.74. The van der Waals surface area contributed by atoms with Crippen LogP contribution in [0.1, 0.15) is 59.9 Å². The number of hydrogen-bond donors (Lipinski definition) is 1. The molecule has 1 aliphatic rings. The van der Waals surface area contributed by atoms with Gasteiger partial charge in [-0.3, -0.25) is 4.79 Å². The summed E-state index contributed by atoms with van der Waals surface area (Å²) >= 11 is 0. The number of carbonyl (C=O) groups excluding carboxylic acids is 2. The van der Waals surface area contributed by atoms with E-state index < -0.39 is 32.1 Å². The number of para-hydroxylation sites is 1. The number of ether oxygens (including phenoxy) is 3. The minimum atomic E-state index is -2.14. The van der Waals surface area contributed by atoms with Crippen molar-refractivity contribution in [2.24, 2.45) is 0 Å². The van der Waals surface area contributed by atoms with Crippen LogP contribution in [0.4, 0.5) is 4.79 Å². The maximum atomic E-state index is 12.8. The molecule has 1 aromatic carbocycles. The summed E-state index contributed by atoms with van der Waals surface area (Å²) in [6, 6.07) is 7.68. The largest absolute Gasteiger partial charge is 0.496 e. The van der Waals surface area contributed by atoms with Gasteiger partial charge in [-0.15, -0.1) is 0 Å². The van der Waals surface area contributed by atoms with Crippen LogP contribution < -0.4 is 10.1 Å². The third-order valence-electron chi connectivity index (χ3n) is 6.16. The molecule has 0 bridgehead atoms. The Morgan fingerprint density at radius 1 is 1.09 bits per heavy atom. The summed E-state index contributed by atoms with van der Waals surface area (Å²) in [4.78, 5) is 24.8. The lowest BCUT2D eigenvalue weighted by Gasteiger charge is -2.42. The second-order valence-electron chi connectivity index (χ2n) is 11.1. The molecular weight excluding hydrogens is 450 g/mol. The molecule has 1 N–H and O–H groups in total. The highest BCUT2D eigenvalue weighted by atomic mass is 28.4. The number of rotatable bonds is 7. The van der Waals surface area contributed by atoms with Gasteiger partial charge >= 0.3 is 12.1 Å². The molecule has 0 heterocycles. The number of esters is 1. The quantitative estimate of drug-likeness (QED) is 0.389. The van der Waals surface area contributed by atoms with Crippen LogP contribution in [0, 0.1) is 0 Å². The van der Waals surface area contributed by atoms with Gasteiger partial charge in [0, 0.05) is 11.1 Å². The summed E-state index contributed by atoms with van der Waals surface area (Å²) in [6.45, 7) is 15.9. The fourth-order valence-electron chi connectivity index (χ4n) is 3.47. The van der Waals surface area contributed by atoms with Gasteiger partial charge in [0.05, 0.1) is 13.2 Å². The monoisotopic (exact) mass is 491 g/mol. The van der Waals surface area contributed by atoms with Crippen LogP contribution in [0.2, 0.25) is 18.1 Å². The number of alkyl carbamates (subject to hydrolysis) is 1. The molecule has 0 radical (unpaired) electrons. The average molecular weight is 492 g/mol. The van der Waals surface area contributed by atoms with Crippen molar-refractivity contribution >= 4 is 26.0 Å². The first-order valence-electron chi connectivity index (χ1n) is 11.8. The van der Waals surface area contributed by atoms with E-state index in [0.717, 1.165) is 24.0 Å². The van der Waals surface area contributed by atoms with Gasteiger partial charge in [0.25, 0.3) is 0 Å². The van der Waals surface area contributed by atoms with Crippen LogP contribution in [0.5, 0.6) is 5.75 Å². The fraction of sp³-hybridized carbons (Fsp3) is 0.615. The first-order valence-corrected chi connectivity index (χ1v) is 14.7. The molecule has 190 valence electrons. The van der Waals surface area contributed by atoms with E-state index in [1.165, 1.54) is 0 Å². The summed E-state index contributed by atoms with van der Waals surface area (Å²) in [5.41, 5.74) is 1.07. The number of methoxy groups -OCH3 is 1. The minimum absolute atomic E-state index is 0.00555. The maximum Gasteiger partial charge on any atom is 0.408 e. The number of benzene rings is 1. The van der Waals surface area contributed by atoms with Crippen LogP contribution >= 0.6 is 0 Å².